The van der Waals surface area contributed by atoms with Crippen LogP contribution in [0.4, 0.5) is 0 Å². The molecule has 1 atom stereocenters. The predicted molar refractivity (Wildman–Crippen MR) is 144 cm³/mol. The Balaban J connectivity index is 1.59. The van der Waals surface area contributed by atoms with Crippen molar-refractivity contribution in [3.8, 4) is 0 Å². The first-order chi connectivity index (χ1) is 17.3. The Morgan fingerprint density at radius 2 is 1.64 bits per heavy atom. The number of carbonyl (C=O) groups is 2. The highest BCUT2D eigenvalue weighted by molar-refractivity contribution is 6.51. The van der Waals surface area contributed by atoms with Gasteiger partial charge < -0.3 is 14.0 Å². The average Bonchev–Trinajstić information content (AvgIpc) is 3.46. The van der Waals surface area contributed by atoms with Crippen molar-refractivity contribution in [1.29, 1.82) is 0 Å². The number of rotatable bonds is 5. The van der Waals surface area contributed by atoms with Gasteiger partial charge >= 0.3 is 0 Å². The van der Waals surface area contributed by atoms with Gasteiger partial charge in [-0.15, -0.1) is 0 Å². The lowest BCUT2D eigenvalue weighted by Crippen LogP contribution is -2.35. The van der Waals surface area contributed by atoms with Crippen molar-refractivity contribution >= 4 is 44.8 Å². The van der Waals surface area contributed by atoms with Gasteiger partial charge in [-0.2, -0.15) is 0 Å². The number of nitrogens with zero attached hydrogens (tertiary/aromatic N) is 3. The maximum absolute atomic E-state index is 13.5. The van der Waals surface area contributed by atoms with Crippen molar-refractivity contribution in [1.82, 2.24) is 19.4 Å². The van der Waals surface area contributed by atoms with Gasteiger partial charge in [-0.05, 0) is 51.8 Å². The van der Waals surface area contributed by atoms with Crippen molar-refractivity contribution in [3.05, 3.63) is 71.5 Å². The first kappa shape index (κ1) is 22.8. The van der Waals surface area contributed by atoms with Gasteiger partial charge in [-0.25, -0.2) is 0 Å². The summed E-state index contributed by atoms with van der Waals surface area (Å²) in [6.07, 6.45) is 3.96. The fraction of sp³-hybridized carbons (Fsp3) is 0.333. The number of fused-ring (bicyclic) bond motifs is 4. The zero-order valence-corrected chi connectivity index (χ0v) is 21.3. The number of para-hydroxylation sites is 2. The third kappa shape index (κ3) is 3.43. The van der Waals surface area contributed by atoms with E-state index in [1.807, 2.05) is 48.1 Å². The van der Waals surface area contributed by atoms with Gasteiger partial charge in [0.1, 0.15) is 0 Å². The highest BCUT2D eigenvalue weighted by Gasteiger charge is 2.38. The summed E-state index contributed by atoms with van der Waals surface area (Å²) < 4.78 is 4.40. The third-order valence-corrected chi connectivity index (χ3v) is 8.10. The first-order valence-corrected chi connectivity index (χ1v) is 12.8. The lowest BCUT2D eigenvalue weighted by atomic mass is 9.89. The molecule has 2 aromatic carbocycles. The van der Waals surface area contributed by atoms with Crippen molar-refractivity contribution in [2.45, 2.75) is 39.3 Å². The number of hydrogen-bond donors (Lipinski definition) is 1. The SMILES string of the molecule is CC(C)N(C)C[C@H]1CCn2c(c(C3=C(c4cn(C)c5ccccc45)C(=O)NC3=O)c3ccccc32)C1. The number of hydrogen-bond acceptors (Lipinski definition) is 3. The number of carbonyl (C=O) groups excluding carboxylic acids is 2. The monoisotopic (exact) mass is 480 g/mol. The standard InChI is InChI=1S/C30H32N4O2/c1-18(2)32(3)16-19-13-14-34-24-12-8-6-10-21(24)26(25(34)15-19)28-27(29(35)31-30(28)36)22-17-33(4)23-11-7-5-9-20(22)23/h5-12,17-19H,13-16H2,1-4H3,(H,31,35,36)/t19-/m0/s1. The Morgan fingerprint density at radius 3 is 2.39 bits per heavy atom. The summed E-state index contributed by atoms with van der Waals surface area (Å²) in [6, 6.07) is 16.8. The molecule has 0 fully saturated rings. The number of nitrogens with one attached hydrogen (secondary N) is 1. The van der Waals surface area contributed by atoms with Crippen LogP contribution in [0, 0.1) is 5.92 Å². The van der Waals surface area contributed by atoms with Gasteiger partial charge in [-0.1, -0.05) is 36.4 Å². The number of amides is 2. The minimum atomic E-state index is -0.317. The molecule has 6 heteroatoms. The molecule has 0 unspecified atom stereocenters. The first-order valence-electron chi connectivity index (χ1n) is 12.8. The molecule has 4 aromatic rings. The summed E-state index contributed by atoms with van der Waals surface area (Å²) in [4.78, 5) is 29.2. The highest BCUT2D eigenvalue weighted by Crippen LogP contribution is 2.42. The number of benzene rings is 2. The van der Waals surface area contributed by atoms with Crippen LogP contribution in [0.3, 0.4) is 0 Å². The van der Waals surface area contributed by atoms with Gasteiger partial charge in [0.25, 0.3) is 11.8 Å². The van der Waals surface area contributed by atoms with Crippen LogP contribution in [0.25, 0.3) is 33.0 Å². The van der Waals surface area contributed by atoms with E-state index in [2.05, 4.69) is 53.9 Å². The Hall–Kier alpha value is -3.64. The summed E-state index contributed by atoms with van der Waals surface area (Å²) >= 11 is 0. The average molecular weight is 481 g/mol. The lowest BCUT2D eigenvalue weighted by molar-refractivity contribution is -0.122. The van der Waals surface area contributed by atoms with Crippen LogP contribution in [0.15, 0.2) is 54.7 Å². The van der Waals surface area contributed by atoms with Crippen LogP contribution in [0.2, 0.25) is 0 Å². The molecule has 4 heterocycles. The molecule has 6 rings (SSSR count). The Kier molecular flexibility index (Phi) is 5.38. The molecule has 6 nitrogen and oxygen atoms in total. The molecule has 0 aliphatic carbocycles. The molecule has 0 spiro atoms. The van der Waals surface area contributed by atoms with Crippen LogP contribution < -0.4 is 5.32 Å². The second kappa shape index (κ2) is 8.49. The zero-order valence-electron chi connectivity index (χ0n) is 21.3. The summed E-state index contributed by atoms with van der Waals surface area (Å²) in [5, 5.41) is 4.65. The smallest absolute Gasteiger partial charge is 0.259 e. The van der Waals surface area contributed by atoms with Crippen molar-refractivity contribution in [2.24, 2.45) is 13.0 Å². The van der Waals surface area contributed by atoms with Gasteiger partial charge in [0.15, 0.2) is 0 Å². The molecular formula is C30H32N4O2. The van der Waals surface area contributed by atoms with E-state index in [0.29, 0.717) is 23.1 Å². The summed E-state index contributed by atoms with van der Waals surface area (Å²) in [6.45, 7) is 6.37. The molecule has 0 saturated carbocycles. The second-order valence-electron chi connectivity index (χ2n) is 10.6. The van der Waals surface area contributed by atoms with E-state index < -0.39 is 0 Å². The molecule has 184 valence electrons. The normalized spacial score (nSPS) is 18.2. The molecule has 2 aromatic heterocycles. The maximum atomic E-state index is 13.5. The summed E-state index contributed by atoms with van der Waals surface area (Å²) in [5.41, 5.74) is 6.07. The van der Waals surface area contributed by atoms with E-state index in [-0.39, 0.29) is 11.8 Å². The minimum absolute atomic E-state index is 0.302. The van der Waals surface area contributed by atoms with Gasteiger partial charge in [0, 0.05) is 71.0 Å². The Morgan fingerprint density at radius 1 is 0.972 bits per heavy atom. The molecule has 0 saturated heterocycles. The molecular weight excluding hydrogens is 448 g/mol. The van der Waals surface area contributed by atoms with E-state index in [0.717, 1.165) is 58.9 Å². The van der Waals surface area contributed by atoms with Crippen molar-refractivity contribution < 1.29 is 9.59 Å². The fourth-order valence-electron chi connectivity index (χ4n) is 6.06. The molecule has 0 bridgehead atoms. The molecule has 0 radical (unpaired) electrons. The number of imide groups is 1. The van der Waals surface area contributed by atoms with E-state index in [4.69, 9.17) is 0 Å². The predicted octanol–water partition coefficient (Wildman–Crippen LogP) is 4.60. The molecule has 2 amide bonds. The van der Waals surface area contributed by atoms with Gasteiger partial charge in [-0.3, -0.25) is 14.9 Å². The second-order valence-corrected chi connectivity index (χ2v) is 10.6. The van der Waals surface area contributed by atoms with Crippen LogP contribution in [0.1, 0.15) is 37.1 Å². The van der Waals surface area contributed by atoms with Crippen molar-refractivity contribution in [2.75, 3.05) is 13.6 Å². The van der Waals surface area contributed by atoms with Gasteiger partial charge in [0.05, 0.1) is 11.1 Å². The highest BCUT2D eigenvalue weighted by atomic mass is 16.2. The quantitative estimate of drug-likeness (QED) is 0.425. The zero-order chi connectivity index (χ0) is 25.1. The number of aromatic nitrogens is 2. The van der Waals surface area contributed by atoms with Crippen molar-refractivity contribution in [3.63, 3.8) is 0 Å². The lowest BCUT2D eigenvalue weighted by Gasteiger charge is -2.31. The van der Waals surface area contributed by atoms with Crippen LogP contribution in [-0.2, 0) is 29.6 Å². The molecule has 36 heavy (non-hydrogen) atoms. The fourth-order valence-corrected chi connectivity index (χ4v) is 6.06. The molecule has 1 N–H and O–H groups in total. The summed E-state index contributed by atoms with van der Waals surface area (Å²) in [7, 11) is 4.16. The Labute approximate surface area is 211 Å². The topological polar surface area (TPSA) is 59.3 Å². The van der Waals surface area contributed by atoms with E-state index in [9.17, 15) is 9.59 Å². The van der Waals surface area contributed by atoms with E-state index >= 15 is 0 Å². The van der Waals surface area contributed by atoms with E-state index in [1.165, 1.54) is 5.69 Å². The van der Waals surface area contributed by atoms with Crippen LogP contribution >= 0.6 is 0 Å². The minimum Gasteiger partial charge on any atom is -0.350 e. The molecule has 2 aliphatic rings. The number of aryl methyl sites for hydroxylation is 2. The van der Waals surface area contributed by atoms with Gasteiger partial charge in [0.2, 0.25) is 0 Å². The Bertz CT molecular complexity index is 1570. The maximum Gasteiger partial charge on any atom is 0.259 e. The van der Waals surface area contributed by atoms with Crippen LogP contribution in [-0.4, -0.2) is 45.5 Å². The van der Waals surface area contributed by atoms with E-state index in [1.54, 1.807) is 0 Å². The summed E-state index contributed by atoms with van der Waals surface area (Å²) in [5.74, 6) is -0.125. The largest absolute Gasteiger partial charge is 0.350 e. The third-order valence-electron chi connectivity index (χ3n) is 8.10. The molecule has 2 aliphatic heterocycles. The van der Waals surface area contributed by atoms with Crippen LogP contribution in [0.5, 0.6) is 0 Å².